The minimum Gasteiger partial charge on any atom is -0.303 e. The molecule has 0 heterocycles. The molecule has 0 saturated heterocycles. The van der Waals surface area contributed by atoms with Crippen molar-refractivity contribution in [3.05, 3.63) is 25.3 Å². The summed E-state index contributed by atoms with van der Waals surface area (Å²) in [5, 5.41) is 0. The molecule has 0 aromatic heterocycles. The molecule has 16 heavy (non-hydrogen) atoms. The van der Waals surface area contributed by atoms with E-state index in [9.17, 15) is 17.7 Å². The lowest BCUT2D eigenvalue weighted by Crippen LogP contribution is -2.46. The predicted octanol–water partition coefficient (Wildman–Crippen LogP) is 2.55. The molecule has 0 aliphatic heterocycles. The fraction of sp³-hybridized carbons (Fsp3) is 0.500. The number of phosphoric acid groups is 1. The van der Waals surface area contributed by atoms with Crippen LogP contribution in [0.5, 0.6) is 0 Å². The molecule has 0 spiro atoms. The van der Waals surface area contributed by atoms with Gasteiger partial charge in [0.2, 0.25) is 0 Å². The van der Waals surface area contributed by atoms with Gasteiger partial charge in [0.05, 0.1) is 0 Å². The third-order valence-corrected chi connectivity index (χ3v) is 2.35. The molecule has 2 N–H and O–H groups in total. The summed E-state index contributed by atoms with van der Waals surface area (Å²) in [6, 6.07) is 0. The lowest BCUT2D eigenvalue weighted by Gasteiger charge is -2.33. The lowest BCUT2D eigenvalue weighted by atomic mass is 9.95. The first-order valence-electron chi connectivity index (χ1n) is 4.13. The van der Waals surface area contributed by atoms with Crippen molar-refractivity contribution < 1.29 is 32.0 Å². The molecule has 94 valence electrons. The Morgan fingerprint density at radius 1 is 1.19 bits per heavy atom. The molecule has 0 saturated carbocycles. The van der Waals surface area contributed by atoms with Gasteiger partial charge in [-0.05, 0) is 0 Å². The van der Waals surface area contributed by atoms with Crippen LogP contribution in [0, 0.1) is 0 Å². The highest BCUT2D eigenvalue weighted by Gasteiger charge is 2.57. The summed E-state index contributed by atoms with van der Waals surface area (Å²) >= 11 is 0. The Kier molecular flexibility index (Phi) is 4.94. The minimum absolute atomic E-state index is 0.770. The summed E-state index contributed by atoms with van der Waals surface area (Å²) in [4.78, 5) is 17.0. The maximum atomic E-state index is 12.7. The average molecular weight is 260 g/mol. The van der Waals surface area contributed by atoms with Gasteiger partial charge in [-0.1, -0.05) is 12.2 Å². The Balaban J connectivity index is 5.33. The Morgan fingerprint density at radius 2 is 1.56 bits per heavy atom. The van der Waals surface area contributed by atoms with Crippen LogP contribution in [0.4, 0.5) is 13.2 Å². The maximum Gasteiger partial charge on any atom is 0.470 e. The zero-order valence-electron chi connectivity index (χ0n) is 8.28. The van der Waals surface area contributed by atoms with Crippen molar-refractivity contribution in [3.8, 4) is 0 Å². The second-order valence-corrected chi connectivity index (χ2v) is 4.22. The highest BCUT2D eigenvalue weighted by atomic mass is 31.2. The summed E-state index contributed by atoms with van der Waals surface area (Å²) < 4.78 is 52.6. The summed E-state index contributed by atoms with van der Waals surface area (Å²) in [6.07, 6.45) is -4.71. The number of halogens is 3. The molecule has 0 aromatic rings. The van der Waals surface area contributed by atoms with Crippen LogP contribution in [0.15, 0.2) is 25.3 Å². The fourth-order valence-corrected chi connectivity index (χ4v) is 1.84. The molecule has 0 fully saturated rings. The smallest absolute Gasteiger partial charge is 0.303 e. The lowest BCUT2D eigenvalue weighted by molar-refractivity contribution is -0.250. The third kappa shape index (κ3) is 4.09. The summed E-state index contributed by atoms with van der Waals surface area (Å²) in [7, 11) is -5.26. The van der Waals surface area contributed by atoms with Crippen LogP contribution >= 0.6 is 7.82 Å². The topological polar surface area (TPSA) is 66.8 Å². The van der Waals surface area contributed by atoms with E-state index in [-0.39, 0.29) is 0 Å². The third-order valence-electron chi connectivity index (χ3n) is 1.76. The van der Waals surface area contributed by atoms with Crippen molar-refractivity contribution in [2.45, 2.75) is 24.6 Å². The van der Waals surface area contributed by atoms with Crippen LogP contribution in [0.2, 0.25) is 0 Å². The van der Waals surface area contributed by atoms with E-state index in [1.165, 1.54) is 0 Å². The van der Waals surface area contributed by atoms with Gasteiger partial charge >= 0.3 is 14.0 Å². The van der Waals surface area contributed by atoms with E-state index in [2.05, 4.69) is 17.7 Å². The number of hydrogen-bond donors (Lipinski definition) is 2. The molecule has 0 bridgehead atoms. The second kappa shape index (κ2) is 5.14. The van der Waals surface area contributed by atoms with E-state index in [1.807, 2.05) is 0 Å². The van der Waals surface area contributed by atoms with Gasteiger partial charge in [0.1, 0.15) is 0 Å². The molecule has 0 rings (SSSR count). The van der Waals surface area contributed by atoms with Crippen molar-refractivity contribution in [1.29, 1.82) is 0 Å². The van der Waals surface area contributed by atoms with Crippen LogP contribution < -0.4 is 0 Å². The molecule has 0 unspecified atom stereocenters. The number of rotatable bonds is 6. The maximum absolute atomic E-state index is 12.7. The van der Waals surface area contributed by atoms with Crippen LogP contribution in [-0.4, -0.2) is 21.6 Å². The van der Waals surface area contributed by atoms with Gasteiger partial charge < -0.3 is 9.79 Å². The Hall–Kier alpha value is -0.620. The van der Waals surface area contributed by atoms with E-state index in [0.717, 1.165) is 12.2 Å². The van der Waals surface area contributed by atoms with Gasteiger partial charge in [0, 0.05) is 12.8 Å². The summed E-state index contributed by atoms with van der Waals surface area (Å²) in [6.45, 7) is 6.21. The Bertz CT molecular complexity index is 297. The van der Waals surface area contributed by atoms with Crippen LogP contribution in [0.25, 0.3) is 0 Å². The zero-order chi connectivity index (χ0) is 13.0. The fourth-order valence-electron chi connectivity index (χ4n) is 1.14. The highest BCUT2D eigenvalue weighted by Crippen LogP contribution is 2.50. The van der Waals surface area contributed by atoms with Crippen LogP contribution in [0.3, 0.4) is 0 Å². The number of phosphoric ester groups is 1. The second-order valence-electron chi connectivity index (χ2n) is 3.06. The molecule has 0 radical (unpaired) electrons. The SMILES string of the molecule is C=CCC(CC=C)(OP(=O)(O)O)C(F)(F)F. The van der Waals surface area contributed by atoms with Gasteiger partial charge in [0.25, 0.3) is 0 Å². The van der Waals surface area contributed by atoms with Crippen LogP contribution in [0.1, 0.15) is 12.8 Å². The van der Waals surface area contributed by atoms with E-state index in [1.54, 1.807) is 0 Å². The first-order chi connectivity index (χ1) is 7.08. The molecule has 0 amide bonds. The Labute approximate surface area is 90.7 Å². The van der Waals surface area contributed by atoms with E-state index < -0.39 is 32.4 Å². The highest BCUT2D eigenvalue weighted by molar-refractivity contribution is 7.46. The van der Waals surface area contributed by atoms with Gasteiger partial charge in [-0.15, -0.1) is 13.2 Å². The van der Waals surface area contributed by atoms with Gasteiger partial charge in [0.15, 0.2) is 5.60 Å². The average Bonchev–Trinajstić information content (AvgIpc) is 1.99. The molecule has 0 aliphatic carbocycles. The molecule has 0 aliphatic rings. The molecule has 0 atom stereocenters. The van der Waals surface area contributed by atoms with Gasteiger partial charge in [-0.3, -0.25) is 4.52 Å². The first kappa shape index (κ1) is 15.4. The van der Waals surface area contributed by atoms with Crippen molar-refractivity contribution >= 4 is 7.82 Å². The van der Waals surface area contributed by atoms with E-state index in [4.69, 9.17) is 9.79 Å². The number of alkyl halides is 3. The first-order valence-corrected chi connectivity index (χ1v) is 5.66. The zero-order valence-corrected chi connectivity index (χ0v) is 9.17. The van der Waals surface area contributed by atoms with Crippen molar-refractivity contribution in [2.75, 3.05) is 0 Å². The predicted molar refractivity (Wildman–Crippen MR) is 51.5 cm³/mol. The van der Waals surface area contributed by atoms with Crippen LogP contribution in [-0.2, 0) is 9.09 Å². The summed E-state index contributed by atoms with van der Waals surface area (Å²) in [5.74, 6) is 0. The number of hydrogen-bond acceptors (Lipinski definition) is 2. The summed E-state index contributed by atoms with van der Waals surface area (Å²) in [5.41, 5.74) is -2.98. The Morgan fingerprint density at radius 3 is 1.75 bits per heavy atom. The van der Waals surface area contributed by atoms with Crippen molar-refractivity contribution in [3.63, 3.8) is 0 Å². The van der Waals surface area contributed by atoms with Crippen molar-refractivity contribution in [1.82, 2.24) is 0 Å². The minimum atomic E-state index is -5.26. The van der Waals surface area contributed by atoms with Crippen molar-refractivity contribution in [2.24, 2.45) is 0 Å². The molecule has 0 aromatic carbocycles. The molecular formula is C8H12F3O4P. The van der Waals surface area contributed by atoms with E-state index >= 15 is 0 Å². The largest absolute Gasteiger partial charge is 0.470 e. The van der Waals surface area contributed by atoms with E-state index in [0.29, 0.717) is 0 Å². The molecule has 4 nitrogen and oxygen atoms in total. The normalized spacial score (nSPS) is 13.6. The van der Waals surface area contributed by atoms with Gasteiger partial charge in [-0.2, -0.15) is 13.2 Å². The molecular weight excluding hydrogens is 248 g/mol. The monoisotopic (exact) mass is 260 g/mol. The van der Waals surface area contributed by atoms with Gasteiger partial charge in [-0.25, -0.2) is 4.57 Å². The standard InChI is InChI=1S/C8H12F3O4P/c1-3-5-7(6-4-2,8(9,10)11)15-16(12,13)14/h3-4H,1-2,5-6H2,(H2,12,13,14). The quantitative estimate of drug-likeness (QED) is 0.569. The molecule has 8 heteroatoms.